The zero-order valence-corrected chi connectivity index (χ0v) is 20.2. The van der Waals surface area contributed by atoms with Gasteiger partial charge in [0.2, 0.25) is 0 Å². The fraction of sp³-hybridized carbons (Fsp3) is 0.333. The third-order valence-corrected chi connectivity index (χ3v) is 6.74. The average Bonchev–Trinajstić information content (AvgIpc) is 2.79. The molecule has 11 heteroatoms. The van der Waals surface area contributed by atoms with Crippen LogP contribution in [0.3, 0.4) is 0 Å². The zero-order chi connectivity index (χ0) is 23.6. The van der Waals surface area contributed by atoms with Crippen molar-refractivity contribution in [1.82, 2.24) is 0 Å². The summed E-state index contributed by atoms with van der Waals surface area (Å²) in [7, 11) is 5.77. The van der Waals surface area contributed by atoms with E-state index in [4.69, 9.17) is 23.7 Å². The van der Waals surface area contributed by atoms with Gasteiger partial charge in [-0.05, 0) is 0 Å². The molecule has 2 atom stereocenters. The van der Waals surface area contributed by atoms with Gasteiger partial charge < -0.3 is 0 Å². The number of hydrogen-bond donors (Lipinski definition) is 2. The van der Waals surface area contributed by atoms with Crippen LogP contribution in [0.1, 0.15) is 18.5 Å². The molecule has 0 saturated carbocycles. The quantitative estimate of drug-likeness (QED) is 0.130. The van der Waals surface area contributed by atoms with Crippen molar-refractivity contribution >= 4 is 17.6 Å². The number of β-lactam (4-membered cyclic amide) rings is 1. The Bertz CT molecular complexity index is 1020. The molecular weight excluding hydrogens is 537 g/mol. The second kappa shape index (κ2) is 9.38. The molecule has 1 fully saturated rings. The van der Waals surface area contributed by atoms with Crippen molar-refractivity contribution in [2.45, 2.75) is 16.6 Å². The van der Waals surface area contributed by atoms with E-state index in [1.54, 1.807) is 24.3 Å². The van der Waals surface area contributed by atoms with E-state index in [1.807, 2.05) is 0 Å². The van der Waals surface area contributed by atoms with E-state index in [9.17, 15) is 18.1 Å². The van der Waals surface area contributed by atoms with Crippen LogP contribution in [0.4, 0.5) is 5.69 Å². The summed E-state index contributed by atoms with van der Waals surface area (Å²) in [6, 6.07) is 6.86. The number of benzene rings is 2. The number of esters is 1. The van der Waals surface area contributed by atoms with Crippen LogP contribution in [-0.4, -0.2) is 52.5 Å². The van der Waals surface area contributed by atoms with Gasteiger partial charge in [0.05, 0.1) is 0 Å². The number of alkyl halides is 1. The van der Waals surface area contributed by atoms with Crippen LogP contribution in [0, 0.1) is 0 Å². The number of halogens is 1. The average molecular weight is 560 g/mol. The number of carbonyl (C=O) groups excluding carboxylic acids is 2. The Morgan fingerprint density at radius 2 is 1.56 bits per heavy atom. The Hall–Kier alpha value is -2.77. The Morgan fingerprint density at radius 1 is 0.969 bits per heavy atom. The van der Waals surface area contributed by atoms with Gasteiger partial charge in [-0.15, -0.1) is 0 Å². The molecule has 1 heterocycles. The molecule has 174 valence electrons. The number of methoxy groups -OCH3 is 4. The predicted octanol–water partition coefficient (Wildman–Crippen LogP) is -1.58. The third kappa shape index (κ3) is 3.91. The van der Waals surface area contributed by atoms with Gasteiger partial charge in [-0.1, -0.05) is 0 Å². The fourth-order valence-electron chi connectivity index (χ4n) is 3.53. The van der Waals surface area contributed by atoms with E-state index in [0.29, 0.717) is 34.2 Å². The van der Waals surface area contributed by atoms with Gasteiger partial charge in [0.1, 0.15) is 0 Å². The minimum absolute atomic E-state index is 0.125. The van der Waals surface area contributed by atoms with Crippen molar-refractivity contribution in [1.29, 1.82) is 0 Å². The maximum absolute atomic E-state index is 13.0. The first kappa shape index (κ1) is 23.9. The van der Waals surface area contributed by atoms with Crippen molar-refractivity contribution in [2.75, 3.05) is 33.3 Å². The van der Waals surface area contributed by atoms with Crippen molar-refractivity contribution < 1.29 is 63.4 Å². The molecule has 0 aliphatic carbocycles. The topological polar surface area (TPSA) is 124 Å². The first-order valence-corrected chi connectivity index (χ1v) is 11.3. The molecule has 1 aliphatic rings. The summed E-state index contributed by atoms with van der Waals surface area (Å²) in [5.41, 5.74) is 0.799. The molecule has 0 unspecified atom stereocenters. The summed E-state index contributed by atoms with van der Waals surface area (Å²) in [4.78, 5) is 25.8. The number of anilines is 1. The molecule has 3 rings (SSSR count). The molecule has 0 radical (unpaired) electrons. The molecule has 0 bridgehead atoms. The zero-order valence-electron chi connectivity index (χ0n) is 18.0. The maximum atomic E-state index is 13.0. The summed E-state index contributed by atoms with van der Waals surface area (Å²) < 4.78 is 34.5. The summed E-state index contributed by atoms with van der Waals surface area (Å²) in [6.45, 7) is 1.25. The van der Waals surface area contributed by atoms with Crippen LogP contribution >= 0.6 is 0 Å². The second-order valence-electron chi connectivity index (χ2n) is 6.72. The number of nitrogens with zero attached hydrogens (tertiary/aromatic N) is 1. The van der Waals surface area contributed by atoms with E-state index in [1.165, 1.54) is 46.3 Å². The fourth-order valence-corrected chi connectivity index (χ4v) is 4.90. The molecule has 1 aliphatic heterocycles. The standard InChI is InChI=1S/C21H23INO9/c1-11(24)32-15-8-12(6-7-14(15)28-2)19-21(26,22-27)20(25)23(19)13-9-16(29-3)18(31-5)17(10-13)30-4/h6-10,19,26-27H,1-5H3/q-1/t19-,21-/m0/s1. The van der Waals surface area contributed by atoms with Crippen molar-refractivity contribution in [3.8, 4) is 28.7 Å². The van der Waals surface area contributed by atoms with Crippen molar-refractivity contribution in [3.05, 3.63) is 35.9 Å². The second-order valence-corrected chi connectivity index (χ2v) is 8.85. The predicted molar refractivity (Wildman–Crippen MR) is 108 cm³/mol. The normalized spacial score (nSPS) is 19.9. The Balaban J connectivity index is 2.14. The van der Waals surface area contributed by atoms with E-state index in [0.717, 1.165) is 0 Å². The number of carbonyl (C=O) groups is 2. The molecule has 1 saturated heterocycles. The van der Waals surface area contributed by atoms with Gasteiger partial charge in [0, 0.05) is 0 Å². The van der Waals surface area contributed by atoms with Gasteiger partial charge in [-0.3, -0.25) is 0 Å². The monoisotopic (exact) mass is 560 g/mol. The number of ether oxygens (including phenoxy) is 5. The molecule has 2 aromatic rings. The van der Waals surface area contributed by atoms with Crippen LogP contribution in [0.25, 0.3) is 0 Å². The van der Waals surface area contributed by atoms with Crippen LogP contribution < -0.4 is 50.2 Å². The summed E-state index contributed by atoms with van der Waals surface area (Å²) in [5.74, 6) is 0.176. The van der Waals surface area contributed by atoms with E-state index in [2.05, 4.69) is 0 Å². The SMILES string of the molecule is COc1ccc([C@@H]2N(c3cc(OC)c(OC)c(OC)c3)C(=O)[C@]2(O)[I-]O)cc1OC(C)=O. The molecule has 0 spiro atoms. The van der Waals surface area contributed by atoms with E-state index < -0.39 is 43.1 Å². The Kier molecular flexibility index (Phi) is 7.00. The molecule has 1 amide bonds. The Morgan fingerprint density at radius 3 is 2.03 bits per heavy atom. The van der Waals surface area contributed by atoms with Crippen LogP contribution in [0.15, 0.2) is 30.3 Å². The first-order chi connectivity index (χ1) is 15.2. The number of amides is 1. The van der Waals surface area contributed by atoms with E-state index in [-0.39, 0.29) is 5.75 Å². The third-order valence-electron chi connectivity index (χ3n) is 4.95. The van der Waals surface area contributed by atoms with Gasteiger partial charge in [-0.25, -0.2) is 0 Å². The molecule has 0 aromatic heterocycles. The number of hydrogen-bond acceptors (Lipinski definition) is 9. The Labute approximate surface area is 195 Å². The molecule has 10 nitrogen and oxygen atoms in total. The molecule has 2 N–H and O–H groups in total. The summed E-state index contributed by atoms with van der Waals surface area (Å²) >= 11 is -1.91. The van der Waals surface area contributed by atoms with Gasteiger partial charge in [0.25, 0.3) is 0 Å². The van der Waals surface area contributed by atoms with Gasteiger partial charge in [-0.2, -0.15) is 0 Å². The molecule has 2 aromatic carbocycles. The van der Waals surface area contributed by atoms with Gasteiger partial charge in [0.15, 0.2) is 0 Å². The van der Waals surface area contributed by atoms with Crippen LogP contribution in [0.5, 0.6) is 28.7 Å². The van der Waals surface area contributed by atoms with Gasteiger partial charge >= 0.3 is 196 Å². The van der Waals surface area contributed by atoms with Crippen molar-refractivity contribution in [2.24, 2.45) is 0 Å². The van der Waals surface area contributed by atoms with Crippen LogP contribution in [0.2, 0.25) is 0 Å². The molecular formula is C21H23INO9-. The van der Waals surface area contributed by atoms with Crippen molar-refractivity contribution in [3.63, 3.8) is 0 Å². The van der Waals surface area contributed by atoms with Crippen LogP contribution in [-0.2, 0) is 9.59 Å². The number of aliphatic hydroxyl groups is 1. The summed E-state index contributed by atoms with van der Waals surface area (Å²) in [5, 5.41) is 11.0. The first-order valence-electron chi connectivity index (χ1n) is 9.27. The number of rotatable bonds is 8. The minimum atomic E-state index is -1.97. The summed E-state index contributed by atoms with van der Waals surface area (Å²) in [6.07, 6.45) is 0. The van der Waals surface area contributed by atoms with E-state index >= 15 is 0 Å². The molecule has 32 heavy (non-hydrogen) atoms.